The molecule has 0 saturated heterocycles. The summed E-state index contributed by atoms with van der Waals surface area (Å²) in [6.45, 7) is 1.34. The molecule has 2 N–H and O–H groups in total. The van der Waals surface area contributed by atoms with Gasteiger partial charge >= 0.3 is 0 Å². The molecule has 2 rings (SSSR count). The molecule has 0 heterocycles. The van der Waals surface area contributed by atoms with Crippen LogP contribution in [-0.4, -0.2) is 13.1 Å². The Morgan fingerprint density at radius 1 is 0.750 bits per heavy atom. The zero-order chi connectivity index (χ0) is 14.5. The molecule has 2 aromatic carbocycles. The summed E-state index contributed by atoms with van der Waals surface area (Å²) in [5.41, 5.74) is 1.61. The number of rotatable bonds is 5. The van der Waals surface area contributed by atoms with Crippen molar-refractivity contribution in [2.24, 2.45) is 0 Å². The van der Waals surface area contributed by atoms with E-state index in [1.807, 2.05) is 12.1 Å². The second kappa shape index (κ2) is 7.28. The fourth-order valence-corrected chi connectivity index (χ4v) is 2.39. The molecule has 0 atom stereocenters. The van der Waals surface area contributed by atoms with Crippen LogP contribution in [0.3, 0.4) is 0 Å². The van der Waals surface area contributed by atoms with Crippen LogP contribution >= 0.6 is 46.4 Å². The fourth-order valence-electron chi connectivity index (χ4n) is 1.67. The maximum absolute atomic E-state index is 6.08. The van der Waals surface area contributed by atoms with Gasteiger partial charge in [-0.15, -0.1) is 0 Å². The van der Waals surface area contributed by atoms with Crippen molar-refractivity contribution in [2.75, 3.05) is 23.7 Å². The lowest BCUT2D eigenvalue weighted by molar-refractivity contribution is 1.08. The van der Waals surface area contributed by atoms with Gasteiger partial charge in [0.1, 0.15) is 0 Å². The molecule has 20 heavy (non-hydrogen) atoms. The van der Waals surface area contributed by atoms with Gasteiger partial charge < -0.3 is 10.6 Å². The molecule has 0 spiro atoms. The van der Waals surface area contributed by atoms with Crippen LogP contribution in [0.25, 0.3) is 0 Å². The lowest BCUT2D eigenvalue weighted by Crippen LogP contribution is -2.14. The standard InChI is InChI=1S/C14H12Cl4N2/c15-9-4-5-10(16)13(8-9)20-7-6-19-12-3-1-2-11(17)14(12)18/h1-5,8,19-20H,6-7H2. The van der Waals surface area contributed by atoms with Crippen LogP contribution in [-0.2, 0) is 0 Å². The first-order valence-electron chi connectivity index (χ1n) is 5.95. The van der Waals surface area contributed by atoms with Crippen molar-refractivity contribution < 1.29 is 0 Å². The highest BCUT2D eigenvalue weighted by molar-refractivity contribution is 6.43. The van der Waals surface area contributed by atoms with Crippen LogP contribution in [0.4, 0.5) is 11.4 Å². The number of halogens is 4. The van der Waals surface area contributed by atoms with Gasteiger partial charge in [-0.2, -0.15) is 0 Å². The van der Waals surface area contributed by atoms with Crippen molar-refractivity contribution >= 4 is 57.8 Å². The molecule has 0 radical (unpaired) electrons. The number of anilines is 2. The van der Waals surface area contributed by atoms with E-state index in [4.69, 9.17) is 46.4 Å². The van der Waals surface area contributed by atoms with Crippen LogP contribution in [0.1, 0.15) is 0 Å². The summed E-state index contributed by atoms with van der Waals surface area (Å²) in [4.78, 5) is 0. The van der Waals surface area contributed by atoms with Gasteiger partial charge in [-0.1, -0.05) is 52.5 Å². The van der Waals surface area contributed by atoms with E-state index < -0.39 is 0 Å². The van der Waals surface area contributed by atoms with Gasteiger partial charge in [0.05, 0.1) is 26.4 Å². The van der Waals surface area contributed by atoms with Crippen molar-refractivity contribution in [3.8, 4) is 0 Å². The molecule has 0 aliphatic heterocycles. The Morgan fingerprint density at radius 3 is 2.20 bits per heavy atom. The number of hydrogen-bond acceptors (Lipinski definition) is 2. The molecule has 0 aliphatic carbocycles. The number of nitrogens with one attached hydrogen (secondary N) is 2. The third kappa shape index (κ3) is 4.10. The highest BCUT2D eigenvalue weighted by Crippen LogP contribution is 2.29. The molecule has 0 saturated carbocycles. The van der Waals surface area contributed by atoms with Crippen LogP contribution < -0.4 is 10.6 Å². The second-order valence-corrected chi connectivity index (χ2v) is 5.71. The first-order valence-corrected chi connectivity index (χ1v) is 7.46. The maximum atomic E-state index is 6.08. The topological polar surface area (TPSA) is 24.1 Å². The lowest BCUT2D eigenvalue weighted by atomic mass is 10.3. The molecule has 0 bridgehead atoms. The van der Waals surface area contributed by atoms with E-state index in [-0.39, 0.29) is 0 Å². The molecule has 0 aromatic heterocycles. The van der Waals surface area contributed by atoms with Crippen LogP contribution in [0.2, 0.25) is 20.1 Å². The van der Waals surface area contributed by atoms with Crippen molar-refractivity contribution in [1.82, 2.24) is 0 Å². The SMILES string of the molecule is Clc1ccc(Cl)c(NCCNc2cccc(Cl)c2Cl)c1. The molecule has 0 unspecified atom stereocenters. The first kappa shape index (κ1) is 15.6. The van der Waals surface area contributed by atoms with Gasteiger partial charge in [-0.05, 0) is 30.3 Å². The summed E-state index contributed by atoms with van der Waals surface area (Å²) in [6, 6.07) is 10.8. The maximum Gasteiger partial charge on any atom is 0.0823 e. The Balaban J connectivity index is 1.88. The van der Waals surface area contributed by atoms with Crippen LogP contribution in [0.5, 0.6) is 0 Å². The quantitative estimate of drug-likeness (QED) is 0.664. The Kier molecular flexibility index (Phi) is 5.67. The third-order valence-electron chi connectivity index (χ3n) is 2.64. The minimum absolute atomic E-state index is 0.523. The van der Waals surface area contributed by atoms with Gasteiger partial charge in [0.2, 0.25) is 0 Å². The molecule has 0 fully saturated rings. The number of benzene rings is 2. The minimum atomic E-state index is 0.523. The van der Waals surface area contributed by atoms with E-state index >= 15 is 0 Å². The monoisotopic (exact) mass is 348 g/mol. The molecule has 6 heteroatoms. The zero-order valence-electron chi connectivity index (χ0n) is 10.4. The smallest absolute Gasteiger partial charge is 0.0823 e. The van der Waals surface area contributed by atoms with E-state index in [0.717, 1.165) is 11.4 Å². The van der Waals surface area contributed by atoms with Gasteiger partial charge in [0, 0.05) is 18.1 Å². The molecular weight excluding hydrogens is 338 g/mol. The minimum Gasteiger partial charge on any atom is -0.382 e. The summed E-state index contributed by atoms with van der Waals surface area (Å²) in [5, 5.41) is 8.74. The molecule has 2 aromatic rings. The Hall–Kier alpha value is -0.800. The Bertz CT molecular complexity index is 598. The van der Waals surface area contributed by atoms with Gasteiger partial charge in [0.25, 0.3) is 0 Å². The molecule has 106 valence electrons. The van der Waals surface area contributed by atoms with Crippen LogP contribution in [0, 0.1) is 0 Å². The molecule has 0 aliphatic rings. The summed E-state index contributed by atoms with van der Waals surface area (Å²) in [6.07, 6.45) is 0. The highest BCUT2D eigenvalue weighted by Gasteiger charge is 2.04. The lowest BCUT2D eigenvalue weighted by Gasteiger charge is -2.12. The van der Waals surface area contributed by atoms with Crippen molar-refractivity contribution in [3.63, 3.8) is 0 Å². The fraction of sp³-hybridized carbons (Fsp3) is 0.143. The predicted octanol–water partition coefficient (Wildman–Crippen LogP) is 5.82. The van der Waals surface area contributed by atoms with E-state index in [2.05, 4.69) is 10.6 Å². The summed E-state index contributed by atoms with van der Waals surface area (Å²) in [5.74, 6) is 0. The van der Waals surface area contributed by atoms with Crippen molar-refractivity contribution in [1.29, 1.82) is 0 Å². The van der Waals surface area contributed by atoms with E-state index in [1.54, 1.807) is 24.3 Å². The van der Waals surface area contributed by atoms with Crippen molar-refractivity contribution in [2.45, 2.75) is 0 Å². The zero-order valence-corrected chi connectivity index (χ0v) is 13.4. The highest BCUT2D eigenvalue weighted by atomic mass is 35.5. The summed E-state index contributed by atoms with van der Waals surface area (Å²) >= 11 is 24.0. The van der Waals surface area contributed by atoms with Crippen LogP contribution in [0.15, 0.2) is 36.4 Å². The average molecular weight is 350 g/mol. The normalized spacial score (nSPS) is 10.4. The van der Waals surface area contributed by atoms with Gasteiger partial charge in [0.15, 0.2) is 0 Å². The Morgan fingerprint density at radius 2 is 1.45 bits per heavy atom. The largest absolute Gasteiger partial charge is 0.382 e. The summed E-state index contributed by atoms with van der Waals surface area (Å²) in [7, 11) is 0. The third-order valence-corrected chi connectivity index (χ3v) is 4.02. The van der Waals surface area contributed by atoms with E-state index in [1.165, 1.54) is 0 Å². The first-order chi connectivity index (χ1) is 9.58. The molecule has 0 amide bonds. The summed E-state index contributed by atoms with van der Waals surface area (Å²) < 4.78 is 0. The molecule has 2 nitrogen and oxygen atoms in total. The van der Waals surface area contributed by atoms with E-state index in [9.17, 15) is 0 Å². The molecular formula is C14H12Cl4N2. The van der Waals surface area contributed by atoms with Gasteiger partial charge in [-0.25, -0.2) is 0 Å². The predicted molar refractivity (Wildman–Crippen MR) is 89.9 cm³/mol. The second-order valence-electron chi connectivity index (χ2n) is 4.08. The van der Waals surface area contributed by atoms with E-state index in [0.29, 0.717) is 33.2 Å². The van der Waals surface area contributed by atoms with Gasteiger partial charge in [-0.3, -0.25) is 0 Å². The number of hydrogen-bond donors (Lipinski definition) is 2. The average Bonchev–Trinajstić information content (AvgIpc) is 2.43. The van der Waals surface area contributed by atoms with Crippen molar-refractivity contribution in [3.05, 3.63) is 56.5 Å². The Labute approximate surface area is 138 Å².